The molecule has 1 aliphatic rings. The number of esters is 1. The zero-order valence-corrected chi connectivity index (χ0v) is 21.2. The Hall–Kier alpha value is -2.63. The smallest absolute Gasteiger partial charge is 0.339 e. The molecule has 1 saturated heterocycles. The Kier molecular flexibility index (Phi) is 8.64. The molecule has 0 unspecified atom stereocenters. The minimum atomic E-state index is -0.579. The first-order valence-electron chi connectivity index (χ1n) is 10.8. The third-order valence-corrected chi connectivity index (χ3v) is 6.75. The Balaban J connectivity index is 1.49. The van der Waals surface area contributed by atoms with Crippen LogP contribution in [-0.4, -0.2) is 70.7 Å². The third-order valence-electron chi connectivity index (χ3n) is 5.24. The highest BCUT2D eigenvalue weighted by molar-refractivity contribution is 7.99. The van der Waals surface area contributed by atoms with Crippen molar-refractivity contribution in [2.45, 2.75) is 11.7 Å². The monoisotopic (exact) mass is 535 g/mol. The summed E-state index contributed by atoms with van der Waals surface area (Å²) < 4.78 is 12.1. The molecule has 1 aromatic heterocycles. The minimum Gasteiger partial charge on any atom is -0.465 e. The van der Waals surface area contributed by atoms with Gasteiger partial charge in [-0.2, -0.15) is 0 Å². The van der Waals surface area contributed by atoms with E-state index < -0.39 is 5.97 Å². The Bertz CT molecular complexity index is 1200. The number of halogens is 2. The highest BCUT2D eigenvalue weighted by Crippen LogP contribution is 2.25. The number of rotatable bonds is 8. The number of carbonyl (C=O) groups excluding carboxylic acids is 2. The fourth-order valence-corrected chi connectivity index (χ4v) is 4.59. The summed E-state index contributed by atoms with van der Waals surface area (Å²) in [4.78, 5) is 26.8. The van der Waals surface area contributed by atoms with Crippen LogP contribution in [0.5, 0.6) is 0 Å². The van der Waals surface area contributed by atoms with Crippen LogP contribution in [0.25, 0.3) is 5.69 Å². The van der Waals surface area contributed by atoms with Gasteiger partial charge < -0.3 is 14.8 Å². The van der Waals surface area contributed by atoms with Gasteiger partial charge in [0.2, 0.25) is 5.91 Å². The number of hydrogen-bond donors (Lipinski definition) is 1. The van der Waals surface area contributed by atoms with Gasteiger partial charge >= 0.3 is 5.97 Å². The topological polar surface area (TPSA) is 98.6 Å². The second kappa shape index (κ2) is 11.9. The van der Waals surface area contributed by atoms with E-state index in [1.165, 1.54) is 31.0 Å². The van der Waals surface area contributed by atoms with E-state index in [4.69, 9.17) is 32.7 Å². The quantitative estimate of drug-likeness (QED) is 0.342. The van der Waals surface area contributed by atoms with E-state index in [0.717, 1.165) is 24.6 Å². The van der Waals surface area contributed by atoms with Crippen LogP contribution in [-0.2, 0) is 20.8 Å². The average Bonchev–Trinajstić information content (AvgIpc) is 3.26. The zero-order valence-electron chi connectivity index (χ0n) is 18.9. The fourth-order valence-electron chi connectivity index (χ4n) is 3.50. The van der Waals surface area contributed by atoms with Gasteiger partial charge in [0.1, 0.15) is 0 Å². The van der Waals surface area contributed by atoms with E-state index in [9.17, 15) is 9.59 Å². The van der Waals surface area contributed by atoms with E-state index in [0.29, 0.717) is 35.6 Å². The van der Waals surface area contributed by atoms with Gasteiger partial charge in [0.25, 0.3) is 0 Å². The van der Waals surface area contributed by atoms with Crippen molar-refractivity contribution < 1.29 is 19.1 Å². The molecule has 1 fully saturated rings. The number of thioether (sulfide) groups is 1. The van der Waals surface area contributed by atoms with E-state index in [1.54, 1.807) is 18.2 Å². The lowest BCUT2D eigenvalue weighted by Gasteiger charge is -2.26. The van der Waals surface area contributed by atoms with Crippen molar-refractivity contribution in [1.82, 2.24) is 19.7 Å². The van der Waals surface area contributed by atoms with Crippen molar-refractivity contribution in [3.05, 3.63) is 63.9 Å². The summed E-state index contributed by atoms with van der Waals surface area (Å²) in [6.45, 7) is 3.59. The molecule has 1 N–H and O–H groups in total. The molecule has 2 aromatic carbocycles. The largest absolute Gasteiger partial charge is 0.465 e. The van der Waals surface area contributed by atoms with Crippen LogP contribution in [0.2, 0.25) is 10.0 Å². The highest BCUT2D eigenvalue weighted by atomic mass is 35.5. The number of carbonyl (C=O) groups is 2. The van der Waals surface area contributed by atoms with Crippen LogP contribution >= 0.6 is 35.0 Å². The summed E-state index contributed by atoms with van der Waals surface area (Å²) in [5.74, 6) is -0.00478. The molecular weight excluding hydrogens is 513 g/mol. The van der Waals surface area contributed by atoms with Crippen LogP contribution in [0.15, 0.2) is 47.6 Å². The second-order valence-electron chi connectivity index (χ2n) is 7.62. The molecule has 0 saturated carbocycles. The lowest BCUT2D eigenvalue weighted by molar-refractivity contribution is -0.113. The van der Waals surface area contributed by atoms with E-state index in [2.05, 4.69) is 20.4 Å². The van der Waals surface area contributed by atoms with E-state index in [1.807, 2.05) is 16.7 Å². The van der Waals surface area contributed by atoms with Gasteiger partial charge in [-0.3, -0.25) is 14.3 Å². The predicted molar refractivity (Wildman–Crippen MR) is 135 cm³/mol. The minimum absolute atomic E-state index is 0.0828. The van der Waals surface area contributed by atoms with Gasteiger partial charge in [-0.1, -0.05) is 35.0 Å². The molecule has 3 aromatic rings. The molecule has 35 heavy (non-hydrogen) atoms. The van der Waals surface area contributed by atoms with Gasteiger partial charge in [-0.05, 0) is 42.5 Å². The number of nitrogens with zero attached hydrogens (tertiary/aromatic N) is 4. The SMILES string of the molecule is COC(=O)c1cc(NC(=O)CSc2nnc(CN3CCOCC3)n2-c2ccc(Cl)cc2)ccc1Cl. The molecule has 1 aliphatic heterocycles. The molecule has 0 bridgehead atoms. The molecule has 0 spiro atoms. The Labute approximate surface area is 216 Å². The number of benzene rings is 2. The summed E-state index contributed by atoms with van der Waals surface area (Å²) in [6.07, 6.45) is 0. The number of aromatic nitrogens is 3. The Morgan fingerprint density at radius 2 is 1.86 bits per heavy atom. The van der Waals surface area contributed by atoms with Crippen LogP contribution in [0.3, 0.4) is 0 Å². The lowest BCUT2D eigenvalue weighted by Crippen LogP contribution is -2.36. The summed E-state index contributed by atoms with van der Waals surface area (Å²) in [5.41, 5.74) is 1.47. The molecule has 9 nitrogen and oxygen atoms in total. The third kappa shape index (κ3) is 6.53. The van der Waals surface area contributed by atoms with Crippen LogP contribution in [0.1, 0.15) is 16.2 Å². The molecule has 0 atom stereocenters. The first-order valence-corrected chi connectivity index (χ1v) is 12.5. The van der Waals surface area contributed by atoms with Crippen LogP contribution < -0.4 is 5.32 Å². The standard InChI is InChI=1S/C23H23Cl2N5O4S/c1-33-22(32)18-12-16(4-7-19(18)25)26-21(31)14-35-23-28-27-20(13-29-8-10-34-11-9-29)30(23)17-5-2-15(24)3-6-17/h2-7,12H,8-11,13-14H2,1H3,(H,26,31). The number of hydrogen-bond acceptors (Lipinski definition) is 8. The van der Waals surface area contributed by atoms with E-state index in [-0.39, 0.29) is 22.2 Å². The summed E-state index contributed by atoms with van der Waals surface area (Å²) in [7, 11) is 1.27. The number of amides is 1. The van der Waals surface area contributed by atoms with Gasteiger partial charge in [-0.15, -0.1) is 10.2 Å². The number of morpholine rings is 1. The molecule has 1 amide bonds. The summed E-state index contributed by atoms with van der Waals surface area (Å²) >= 11 is 13.4. The lowest BCUT2D eigenvalue weighted by atomic mass is 10.2. The maximum atomic E-state index is 12.7. The first-order chi connectivity index (χ1) is 16.9. The Morgan fingerprint density at radius 3 is 2.57 bits per heavy atom. The van der Waals surface area contributed by atoms with Crippen molar-refractivity contribution in [1.29, 1.82) is 0 Å². The molecular formula is C23H23Cl2N5O4S. The summed E-state index contributed by atoms with van der Waals surface area (Å²) in [5, 5.41) is 13.0. The molecule has 2 heterocycles. The number of nitrogens with one attached hydrogen (secondary N) is 1. The molecule has 4 rings (SSSR count). The normalized spacial score (nSPS) is 14.0. The van der Waals surface area contributed by atoms with Crippen LogP contribution in [0.4, 0.5) is 5.69 Å². The Morgan fingerprint density at radius 1 is 1.11 bits per heavy atom. The molecule has 12 heteroatoms. The van der Waals surface area contributed by atoms with Gasteiger partial charge in [-0.25, -0.2) is 4.79 Å². The molecule has 184 valence electrons. The number of ether oxygens (including phenoxy) is 2. The first kappa shape index (κ1) is 25.5. The summed E-state index contributed by atoms with van der Waals surface area (Å²) in [6, 6.07) is 12.0. The fraction of sp³-hybridized carbons (Fsp3) is 0.304. The van der Waals surface area contributed by atoms with Crippen molar-refractivity contribution in [2.75, 3.05) is 44.5 Å². The molecule has 0 aliphatic carbocycles. The van der Waals surface area contributed by atoms with Crippen LogP contribution in [0, 0.1) is 0 Å². The molecule has 0 radical (unpaired) electrons. The second-order valence-corrected chi connectivity index (χ2v) is 9.41. The van der Waals surface area contributed by atoms with Crippen molar-refractivity contribution in [3.63, 3.8) is 0 Å². The highest BCUT2D eigenvalue weighted by Gasteiger charge is 2.20. The predicted octanol–water partition coefficient (Wildman–Crippen LogP) is 3.92. The van der Waals surface area contributed by atoms with Crippen molar-refractivity contribution in [2.24, 2.45) is 0 Å². The zero-order chi connectivity index (χ0) is 24.8. The number of anilines is 1. The van der Waals surface area contributed by atoms with Gasteiger partial charge in [0.05, 0.1) is 43.2 Å². The van der Waals surface area contributed by atoms with Crippen molar-refractivity contribution >= 4 is 52.5 Å². The maximum absolute atomic E-state index is 12.7. The average molecular weight is 536 g/mol. The van der Waals surface area contributed by atoms with E-state index >= 15 is 0 Å². The maximum Gasteiger partial charge on any atom is 0.339 e. The van der Waals surface area contributed by atoms with Crippen molar-refractivity contribution in [3.8, 4) is 5.69 Å². The van der Waals surface area contributed by atoms with Gasteiger partial charge in [0.15, 0.2) is 11.0 Å². The van der Waals surface area contributed by atoms with Gasteiger partial charge in [0, 0.05) is 29.5 Å². The number of methoxy groups -OCH3 is 1.